The molecule has 2 aliphatic rings. The SMILES string of the molecule is CCN1C(=O)N=C2C=CC=CC2C1=NC(=O)c1ccc(F)cc1. The maximum Gasteiger partial charge on any atom is 0.349 e. The topological polar surface area (TPSA) is 62.1 Å². The molecule has 0 fully saturated rings. The van der Waals surface area contributed by atoms with E-state index in [1.54, 1.807) is 19.1 Å². The van der Waals surface area contributed by atoms with Crippen molar-refractivity contribution in [1.82, 2.24) is 4.90 Å². The smallest absolute Gasteiger partial charge is 0.279 e. The molecule has 0 bridgehead atoms. The molecule has 23 heavy (non-hydrogen) atoms. The molecule has 0 spiro atoms. The average molecular weight is 311 g/mol. The molecule has 1 unspecified atom stereocenters. The monoisotopic (exact) mass is 311 g/mol. The zero-order valence-corrected chi connectivity index (χ0v) is 12.4. The Morgan fingerprint density at radius 2 is 2.04 bits per heavy atom. The summed E-state index contributed by atoms with van der Waals surface area (Å²) in [5.74, 6) is -0.929. The van der Waals surface area contributed by atoms with Gasteiger partial charge in [0.2, 0.25) is 0 Å². The summed E-state index contributed by atoms with van der Waals surface area (Å²) in [7, 11) is 0. The van der Waals surface area contributed by atoms with Crippen LogP contribution >= 0.6 is 0 Å². The second kappa shape index (κ2) is 6.08. The molecule has 1 aliphatic heterocycles. The van der Waals surface area contributed by atoms with E-state index in [0.717, 1.165) is 0 Å². The second-order valence-electron chi connectivity index (χ2n) is 5.07. The van der Waals surface area contributed by atoms with Crippen molar-refractivity contribution in [3.8, 4) is 0 Å². The number of urea groups is 1. The number of benzene rings is 1. The summed E-state index contributed by atoms with van der Waals surface area (Å²) < 4.78 is 13.0. The van der Waals surface area contributed by atoms with Crippen molar-refractivity contribution in [2.45, 2.75) is 6.92 Å². The van der Waals surface area contributed by atoms with Crippen LogP contribution in [0.3, 0.4) is 0 Å². The second-order valence-corrected chi connectivity index (χ2v) is 5.07. The lowest BCUT2D eigenvalue weighted by Crippen LogP contribution is -2.46. The van der Waals surface area contributed by atoms with E-state index < -0.39 is 17.8 Å². The molecule has 1 aromatic rings. The van der Waals surface area contributed by atoms with E-state index in [1.807, 2.05) is 12.2 Å². The maximum atomic E-state index is 13.0. The van der Waals surface area contributed by atoms with Crippen LogP contribution in [-0.4, -0.2) is 34.9 Å². The summed E-state index contributed by atoms with van der Waals surface area (Å²) in [6.45, 7) is 2.15. The zero-order chi connectivity index (χ0) is 16.4. The molecule has 1 atom stereocenters. The van der Waals surface area contributed by atoms with Crippen LogP contribution in [0.2, 0.25) is 0 Å². The highest BCUT2D eigenvalue weighted by Gasteiger charge is 2.33. The molecule has 0 radical (unpaired) electrons. The standard InChI is InChI=1S/C17H14FN3O2/c1-2-21-15(13-5-3-4-6-14(13)19-17(21)23)20-16(22)11-7-9-12(18)10-8-11/h3-10,13H,2H2,1H3. The first-order valence-corrected chi connectivity index (χ1v) is 7.23. The van der Waals surface area contributed by atoms with E-state index in [2.05, 4.69) is 9.98 Å². The molecule has 0 saturated carbocycles. The Kier molecular flexibility index (Phi) is 3.97. The lowest BCUT2D eigenvalue weighted by Gasteiger charge is -2.30. The third-order valence-corrected chi connectivity index (χ3v) is 3.63. The Bertz CT molecular complexity index is 776. The molecular formula is C17H14FN3O2. The zero-order valence-electron chi connectivity index (χ0n) is 12.4. The van der Waals surface area contributed by atoms with Gasteiger partial charge in [-0.3, -0.25) is 9.69 Å². The van der Waals surface area contributed by atoms with Gasteiger partial charge in [-0.05, 0) is 37.3 Å². The molecule has 0 N–H and O–H groups in total. The lowest BCUT2D eigenvalue weighted by atomic mass is 9.94. The number of amidine groups is 1. The molecule has 0 aromatic heterocycles. The fraction of sp³-hybridized carbons (Fsp3) is 0.176. The van der Waals surface area contributed by atoms with E-state index in [4.69, 9.17) is 0 Å². The molecule has 0 saturated heterocycles. The van der Waals surface area contributed by atoms with Crippen molar-refractivity contribution in [2.75, 3.05) is 6.54 Å². The molecule has 3 rings (SSSR count). The predicted octanol–water partition coefficient (Wildman–Crippen LogP) is 3.00. The molecular weight excluding hydrogens is 297 g/mol. The number of fused-ring (bicyclic) bond motifs is 1. The Balaban J connectivity index is 2.00. The molecule has 5 nitrogen and oxygen atoms in total. The number of hydrogen-bond donors (Lipinski definition) is 0. The van der Waals surface area contributed by atoms with Gasteiger partial charge >= 0.3 is 6.03 Å². The van der Waals surface area contributed by atoms with Crippen molar-refractivity contribution in [3.05, 3.63) is 60.0 Å². The molecule has 3 amide bonds. The Morgan fingerprint density at radius 3 is 2.74 bits per heavy atom. The van der Waals surface area contributed by atoms with Crippen molar-refractivity contribution in [2.24, 2.45) is 15.9 Å². The molecule has 1 aromatic carbocycles. The largest absolute Gasteiger partial charge is 0.349 e. The Labute approximate surface area is 132 Å². The number of aliphatic imine (C=N–C) groups is 2. The molecule has 1 heterocycles. The molecule has 116 valence electrons. The van der Waals surface area contributed by atoms with Gasteiger partial charge in [0.25, 0.3) is 5.91 Å². The van der Waals surface area contributed by atoms with Gasteiger partial charge in [-0.25, -0.2) is 9.18 Å². The van der Waals surface area contributed by atoms with Crippen LogP contribution in [0.4, 0.5) is 9.18 Å². The van der Waals surface area contributed by atoms with Crippen LogP contribution in [0.15, 0.2) is 58.6 Å². The van der Waals surface area contributed by atoms with Gasteiger partial charge in [-0.1, -0.05) is 18.2 Å². The highest BCUT2D eigenvalue weighted by atomic mass is 19.1. The van der Waals surface area contributed by atoms with Crippen molar-refractivity contribution in [3.63, 3.8) is 0 Å². The van der Waals surface area contributed by atoms with Crippen LogP contribution in [0.5, 0.6) is 0 Å². The molecule has 6 heteroatoms. The van der Waals surface area contributed by atoms with Crippen LogP contribution in [0, 0.1) is 11.7 Å². The van der Waals surface area contributed by atoms with E-state index >= 15 is 0 Å². The van der Waals surface area contributed by atoms with Crippen LogP contribution in [0.1, 0.15) is 17.3 Å². The third kappa shape index (κ3) is 2.88. The number of hydrogen-bond acceptors (Lipinski definition) is 2. The summed E-state index contributed by atoms with van der Waals surface area (Å²) in [6, 6.07) is 4.70. The minimum atomic E-state index is -0.518. The van der Waals surface area contributed by atoms with Crippen molar-refractivity contribution >= 4 is 23.5 Å². The predicted molar refractivity (Wildman–Crippen MR) is 85.1 cm³/mol. The Morgan fingerprint density at radius 1 is 1.30 bits per heavy atom. The fourth-order valence-corrected chi connectivity index (χ4v) is 2.48. The number of carbonyl (C=O) groups excluding carboxylic acids is 2. The number of amides is 3. The first kappa shape index (κ1) is 15.0. The van der Waals surface area contributed by atoms with Gasteiger partial charge in [-0.2, -0.15) is 9.98 Å². The first-order valence-electron chi connectivity index (χ1n) is 7.23. The molecule has 1 aliphatic carbocycles. The van der Waals surface area contributed by atoms with E-state index in [9.17, 15) is 14.0 Å². The summed E-state index contributed by atoms with van der Waals surface area (Å²) in [6.07, 6.45) is 7.17. The number of carbonyl (C=O) groups is 2. The normalized spacial score (nSPS) is 21.4. The highest BCUT2D eigenvalue weighted by Crippen LogP contribution is 2.21. The minimum absolute atomic E-state index is 0.266. The van der Waals surface area contributed by atoms with Gasteiger partial charge in [0, 0.05) is 12.1 Å². The summed E-state index contributed by atoms with van der Waals surface area (Å²) in [5.41, 5.74) is 0.828. The van der Waals surface area contributed by atoms with Gasteiger partial charge in [0.05, 0.1) is 11.6 Å². The maximum absolute atomic E-state index is 13.0. The van der Waals surface area contributed by atoms with Crippen LogP contribution < -0.4 is 0 Å². The summed E-state index contributed by atoms with van der Waals surface area (Å²) >= 11 is 0. The first-order chi connectivity index (χ1) is 11.1. The van der Waals surface area contributed by atoms with Gasteiger partial charge in [-0.15, -0.1) is 0 Å². The number of halogens is 1. The quantitative estimate of drug-likeness (QED) is 0.843. The van der Waals surface area contributed by atoms with E-state index in [1.165, 1.54) is 29.2 Å². The van der Waals surface area contributed by atoms with E-state index in [-0.39, 0.29) is 11.5 Å². The van der Waals surface area contributed by atoms with Crippen LogP contribution in [0.25, 0.3) is 0 Å². The fourth-order valence-electron chi connectivity index (χ4n) is 2.48. The number of rotatable bonds is 2. The summed E-state index contributed by atoms with van der Waals surface area (Å²) in [4.78, 5) is 33.9. The van der Waals surface area contributed by atoms with Crippen molar-refractivity contribution in [1.29, 1.82) is 0 Å². The highest BCUT2D eigenvalue weighted by molar-refractivity contribution is 6.25. The number of allylic oxidation sites excluding steroid dienone is 3. The van der Waals surface area contributed by atoms with Crippen LogP contribution in [-0.2, 0) is 0 Å². The lowest BCUT2D eigenvalue weighted by molar-refractivity contribution is 0.100. The minimum Gasteiger partial charge on any atom is -0.279 e. The van der Waals surface area contributed by atoms with Gasteiger partial charge < -0.3 is 0 Å². The number of nitrogens with zero attached hydrogens (tertiary/aromatic N) is 3. The summed E-state index contributed by atoms with van der Waals surface area (Å²) in [5, 5.41) is 0. The van der Waals surface area contributed by atoms with Gasteiger partial charge in [0.1, 0.15) is 11.7 Å². The van der Waals surface area contributed by atoms with Crippen molar-refractivity contribution < 1.29 is 14.0 Å². The van der Waals surface area contributed by atoms with E-state index in [0.29, 0.717) is 18.1 Å². The third-order valence-electron chi connectivity index (χ3n) is 3.63. The van der Waals surface area contributed by atoms with Gasteiger partial charge in [0.15, 0.2) is 0 Å². The average Bonchev–Trinajstić information content (AvgIpc) is 2.55. The Hall–Kier alpha value is -2.89.